The molecule has 1 amide bonds. The molecule has 0 rings (SSSR count). The Balaban J connectivity index is 3.82. The number of hydrogen-bond donors (Lipinski definition) is 2. The first-order valence-corrected chi connectivity index (χ1v) is 3.94. The van der Waals surface area contributed by atoms with Crippen molar-refractivity contribution in [3.8, 4) is 0 Å². The van der Waals surface area contributed by atoms with Crippen molar-refractivity contribution in [2.45, 2.75) is 13.0 Å². The van der Waals surface area contributed by atoms with Crippen LogP contribution >= 0.6 is 11.9 Å². The van der Waals surface area contributed by atoms with Gasteiger partial charge in [-0.3, -0.25) is 14.3 Å². The number of nitrogens with one attached hydrogen (secondary N) is 1. The monoisotopic (exact) mass is 162 g/mol. The van der Waals surface area contributed by atoms with Crippen LogP contribution < -0.4 is 10.5 Å². The van der Waals surface area contributed by atoms with Gasteiger partial charge in [-0.1, -0.05) is 11.9 Å². The van der Waals surface area contributed by atoms with E-state index in [4.69, 9.17) is 5.73 Å². The van der Waals surface area contributed by atoms with E-state index in [0.29, 0.717) is 0 Å². The van der Waals surface area contributed by atoms with Gasteiger partial charge in [0.25, 0.3) is 5.91 Å². The van der Waals surface area contributed by atoms with Gasteiger partial charge in [0.2, 0.25) is 5.78 Å². The van der Waals surface area contributed by atoms with E-state index in [1.165, 1.54) is 11.9 Å². The summed E-state index contributed by atoms with van der Waals surface area (Å²) < 4.78 is 2.69. The van der Waals surface area contributed by atoms with Crippen LogP contribution in [0.1, 0.15) is 6.92 Å². The van der Waals surface area contributed by atoms with Crippen LogP contribution in [0.3, 0.4) is 0 Å². The normalized spacial score (nSPS) is 12.6. The largest absolute Gasteiger partial charge is 0.363 e. The molecule has 0 unspecified atom stereocenters. The highest BCUT2D eigenvalue weighted by Gasteiger charge is 2.16. The Hall–Kier alpha value is -0.550. The molecule has 0 aliphatic heterocycles. The Morgan fingerprint density at radius 3 is 2.40 bits per heavy atom. The van der Waals surface area contributed by atoms with Crippen LogP contribution in [0.2, 0.25) is 0 Å². The van der Waals surface area contributed by atoms with Crippen molar-refractivity contribution in [1.29, 1.82) is 0 Å². The van der Waals surface area contributed by atoms with Gasteiger partial charge in [0.1, 0.15) is 0 Å². The van der Waals surface area contributed by atoms with Gasteiger partial charge in [-0.05, 0) is 13.2 Å². The number of hydrogen-bond acceptors (Lipinski definition) is 4. The molecule has 10 heavy (non-hydrogen) atoms. The van der Waals surface area contributed by atoms with Crippen LogP contribution in [0.4, 0.5) is 0 Å². The second-order valence-corrected chi connectivity index (χ2v) is 2.42. The minimum atomic E-state index is -0.894. The Morgan fingerprint density at radius 1 is 1.60 bits per heavy atom. The van der Waals surface area contributed by atoms with Crippen LogP contribution in [0.5, 0.6) is 0 Å². The number of carbonyl (C=O) groups is 2. The van der Waals surface area contributed by atoms with Crippen molar-refractivity contribution in [1.82, 2.24) is 4.72 Å². The first kappa shape index (κ1) is 9.45. The van der Waals surface area contributed by atoms with Crippen LogP contribution in [0.25, 0.3) is 0 Å². The maximum Gasteiger partial charge on any atom is 0.286 e. The molecule has 4 nitrogen and oxygen atoms in total. The maximum absolute atomic E-state index is 10.7. The van der Waals surface area contributed by atoms with E-state index < -0.39 is 17.7 Å². The van der Waals surface area contributed by atoms with E-state index in [-0.39, 0.29) is 0 Å². The van der Waals surface area contributed by atoms with Gasteiger partial charge in [-0.15, -0.1) is 0 Å². The lowest BCUT2D eigenvalue weighted by Crippen LogP contribution is -2.38. The average molecular weight is 162 g/mol. The summed E-state index contributed by atoms with van der Waals surface area (Å²) in [5.74, 6) is -1.48. The average Bonchev–Trinajstić information content (AvgIpc) is 1.87. The lowest BCUT2D eigenvalue weighted by molar-refractivity contribution is -0.136. The highest BCUT2D eigenvalue weighted by atomic mass is 32.2. The number of rotatable bonds is 4. The molecule has 0 fully saturated rings. The van der Waals surface area contributed by atoms with Crippen molar-refractivity contribution in [2.24, 2.45) is 5.73 Å². The number of Topliss-reactive ketones (excluding diaryl/α,β-unsaturated/α-hetero) is 1. The zero-order valence-corrected chi connectivity index (χ0v) is 6.70. The molecule has 0 aliphatic rings. The van der Waals surface area contributed by atoms with E-state index in [1.807, 2.05) is 0 Å². The molecular formula is C5H10N2O2S. The summed E-state index contributed by atoms with van der Waals surface area (Å²) in [7, 11) is 0. The highest BCUT2D eigenvalue weighted by molar-refractivity contribution is 7.96. The Bertz CT molecular complexity index is 149. The smallest absolute Gasteiger partial charge is 0.286 e. The quantitative estimate of drug-likeness (QED) is 0.423. The summed E-state index contributed by atoms with van der Waals surface area (Å²) in [4.78, 5) is 20.9. The van der Waals surface area contributed by atoms with Gasteiger partial charge in [0.15, 0.2) is 0 Å². The first-order chi connectivity index (χ1) is 4.59. The Kier molecular flexibility index (Phi) is 4.06. The second-order valence-electron chi connectivity index (χ2n) is 1.77. The third kappa shape index (κ3) is 2.84. The molecule has 0 bridgehead atoms. The summed E-state index contributed by atoms with van der Waals surface area (Å²) in [6.07, 6.45) is 1.77. The summed E-state index contributed by atoms with van der Waals surface area (Å²) in [6, 6.07) is -0.493. The molecule has 0 aromatic carbocycles. The van der Waals surface area contributed by atoms with Gasteiger partial charge < -0.3 is 5.73 Å². The molecule has 58 valence electrons. The fourth-order valence-corrected chi connectivity index (χ4v) is 0.904. The van der Waals surface area contributed by atoms with Crippen LogP contribution in [-0.4, -0.2) is 24.0 Å². The number of nitrogens with two attached hydrogens (primary N) is 1. The molecule has 0 aromatic rings. The molecule has 3 N–H and O–H groups in total. The molecular weight excluding hydrogens is 152 g/mol. The SMILES string of the molecule is CSN[C@@H](C)C(=O)C(N)=O. The molecule has 5 heteroatoms. The number of carbonyl (C=O) groups excluding carboxylic acids is 2. The maximum atomic E-state index is 10.7. The number of primary amides is 1. The highest BCUT2D eigenvalue weighted by Crippen LogP contribution is 1.90. The summed E-state index contributed by atoms with van der Waals surface area (Å²) >= 11 is 1.28. The van der Waals surface area contributed by atoms with E-state index in [0.717, 1.165) is 0 Å². The van der Waals surface area contributed by atoms with Crippen molar-refractivity contribution in [2.75, 3.05) is 6.26 Å². The second kappa shape index (κ2) is 4.29. The molecule has 0 saturated heterocycles. The molecule has 0 aliphatic carbocycles. The Morgan fingerprint density at radius 2 is 2.10 bits per heavy atom. The lowest BCUT2D eigenvalue weighted by Gasteiger charge is -2.05. The standard InChI is InChI=1S/C5H10N2O2S/c1-3(7-10-2)4(8)5(6)9/h3,7H,1-2H3,(H2,6,9)/t3-/m0/s1. The van der Waals surface area contributed by atoms with Gasteiger partial charge in [-0.25, -0.2) is 0 Å². The van der Waals surface area contributed by atoms with Crippen LogP contribution in [-0.2, 0) is 9.59 Å². The van der Waals surface area contributed by atoms with E-state index in [9.17, 15) is 9.59 Å². The summed E-state index contributed by atoms with van der Waals surface area (Å²) in [6.45, 7) is 1.59. The van der Waals surface area contributed by atoms with Crippen molar-refractivity contribution in [3.63, 3.8) is 0 Å². The van der Waals surface area contributed by atoms with Gasteiger partial charge in [0, 0.05) is 0 Å². The lowest BCUT2D eigenvalue weighted by atomic mass is 10.2. The van der Waals surface area contributed by atoms with Crippen molar-refractivity contribution < 1.29 is 9.59 Å². The van der Waals surface area contributed by atoms with Crippen molar-refractivity contribution in [3.05, 3.63) is 0 Å². The zero-order valence-electron chi connectivity index (χ0n) is 5.88. The van der Waals surface area contributed by atoms with Gasteiger partial charge in [0.05, 0.1) is 6.04 Å². The molecule has 0 saturated carbocycles. The molecule has 0 spiro atoms. The Labute approximate surface area is 63.7 Å². The minimum Gasteiger partial charge on any atom is -0.363 e. The van der Waals surface area contributed by atoms with Crippen molar-refractivity contribution >= 4 is 23.6 Å². The van der Waals surface area contributed by atoms with Crippen LogP contribution in [0, 0.1) is 0 Å². The number of amides is 1. The zero-order chi connectivity index (χ0) is 8.15. The fraction of sp³-hybridized carbons (Fsp3) is 0.600. The fourth-order valence-electron chi connectivity index (χ4n) is 0.444. The third-order valence-electron chi connectivity index (χ3n) is 0.931. The van der Waals surface area contributed by atoms with Gasteiger partial charge >= 0.3 is 0 Å². The van der Waals surface area contributed by atoms with E-state index in [2.05, 4.69) is 4.72 Å². The summed E-state index contributed by atoms with van der Waals surface area (Å²) in [5, 5.41) is 0. The molecule has 0 heterocycles. The van der Waals surface area contributed by atoms with Crippen LogP contribution in [0.15, 0.2) is 0 Å². The van der Waals surface area contributed by atoms with Gasteiger partial charge in [-0.2, -0.15) is 0 Å². The summed E-state index contributed by atoms with van der Waals surface area (Å²) in [5.41, 5.74) is 4.73. The minimum absolute atomic E-state index is 0.493. The predicted molar refractivity (Wildman–Crippen MR) is 40.3 cm³/mol. The number of ketones is 1. The van der Waals surface area contributed by atoms with E-state index >= 15 is 0 Å². The third-order valence-corrected chi connectivity index (χ3v) is 1.52. The molecule has 0 aromatic heterocycles. The molecule has 1 atom stereocenters. The first-order valence-electron chi connectivity index (χ1n) is 2.71. The van der Waals surface area contributed by atoms with E-state index in [1.54, 1.807) is 13.2 Å². The molecule has 0 radical (unpaired) electrons. The topological polar surface area (TPSA) is 72.2 Å². The predicted octanol–water partition coefficient (Wildman–Crippen LogP) is -0.703.